The number of rotatable bonds is 8. The van der Waals surface area contributed by atoms with E-state index in [0.717, 1.165) is 24.1 Å². The molecule has 0 bridgehead atoms. The molecule has 1 saturated carbocycles. The van der Waals surface area contributed by atoms with Crippen molar-refractivity contribution in [1.82, 2.24) is 24.9 Å². The number of hydrogen-bond acceptors (Lipinski definition) is 7. The van der Waals surface area contributed by atoms with Crippen LogP contribution in [-0.4, -0.2) is 35.1 Å². The molecular weight excluding hydrogens is 460 g/mol. The number of thiazole rings is 1. The van der Waals surface area contributed by atoms with Gasteiger partial charge in [-0.05, 0) is 49.2 Å². The molecule has 9 nitrogen and oxygen atoms in total. The van der Waals surface area contributed by atoms with Gasteiger partial charge in [0.15, 0.2) is 0 Å². The van der Waals surface area contributed by atoms with Crippen molar-refractivity contribution in [2.24, 2.45) is 0 Å². The number of hydrogen-bond donors (Lipinski definition) is 3. The predicted molar refractivity (Wildman–Crippen MR) is 126 cm³/mol. The van der Waals surface area contributed by atoms with Crippen LogP contribution in [0.15, 0.2) is 77.3 Å². The van der Waals surface area contributed by atoms with Crippen molar-refractivity contribution in [3.05, 3.63) is 78.1 Å². The highest BCUT2D eigenvalue weighted by Crippen LogP contribution is 2.25. The predicted octanol–water partition coefficient (Wildman–Crippen LogP) is 3.19. The summed E-state index contributed by atoms with van der Waals surface area (Å²) in [5, 5.41) is 6.71. The van der Waals surface area contributed by atoms with E-state index in [4.69, 9.17) is 0 Å². The van der Waals surface area contributed by atoms with Gasteiger partial charge < -0.3 is 0 Å². The number of amides is 1. The van der Waals surface area contributed by atoms with E-state index in [1.165, 1.54) is 23.5 Å². The molecule has 0 saturated heterocycles. The van der Waals surface area contributed by atoms with Crippen LogP contribution in [0.2, 0.25) is 0 Å². The summed E-state index contributed by atoms with van der Waals surface area (Å²) in [5.41, 5.74) is 7.93. The van der Waals surface area contributed by atoms with Crippen molar-refractivity contribution < 1.29 is 13.2 Å². The fourth-order valence-electron chi connectivity index (χ4n) is 3.06. The molecule has 1 fully saturated rings. The number of aromatic nitrogens is 3. The average molecular weight is 481 g/mol. The number of nitrogens with one attached hydrogen (secondary N) is 3. The second-order valence-electron chi connectivity index (χ2n) is 7.55. The number of carbonyl (C=O) groups excluding carboxylic acids is 1. The second-order valence-corrected chi connectivity index (χ2v) is 10.1. The highest BCUT2D eigenvalue weighted by atomic mass is 32.2. The minimum Gasteiger partial charge on any atom is -0.298 e. The third-order valence-corrected chi connectivity index (χ3v) is 7.40. The lowest BCUT2D eigenvalue weighted by molar-refractivity contribution is 0.0958. The summed E-state index contributed by atoms with van der Waals surface area (Å²) in [7, 11) is -3.51. The molecule has 0 spiro atoms. The van der Waals surface area contributed by atoms with E-state index in [2.05, 4.69) is 25.7 Å². The maximum atomic E-state index is 12.5. The van der Waals surface area contributed by atoms with Gasteiger partial charge in [0.1, 0.15) is 10.7 Å². The normalized spacial score (nSPS) is 13.6. The van der Waals surface area contributed by atoms with Gasteiger partial charge in [-0.2, -0.15) is 5.10 Å². The third kappa shape index (κ3) is 4.95. The maximum absolute atomic E-state index is 12.5. The minimum atomic E-state index is -3.51. The first kappa shape index (κ1) is 21.3. The van der Waals surface area contributed by atoms with Gasteiger partial charge in [0.25, 0.3) is 5.91 Å². The van der Waals surface area contributed by atoms with Gasteiger partial charge in [-0.15, -0.1) is 11.3 Å². The molecule has 2 aromatic carbocycles. The van der Waals surface area contributed by atoms with Crippen LogP contribution in [-0.2, 0) is 10.0 Å². The number of anilines is 1. The molecule has 168 valence electrons. The molecule has 2 heterocycles. The number of hydrazine groups is 1. The lowest BCUT2D eigenvalue weighted by Crippen LogP contribution is -2.29. The SMILES string of the molecule is O=C(NNc1ccc(S(=O)(=O)NC2CC2)cc1)c1csc(-c2cnn(-c3ccccc3)c2)n1. The molecule has 2 aromatic heterocycles. The number of para-hydroxylation sites is 1. The smallest absolute Gasteiger partial charge is 0.289 e. The van der Waals surface area contributed by atoms with Crippen LogP contribution in [0, 0.1) is 0 Å². The summed E-state index contributed by atoms with van der Waals surface area (Å²) in [6, 6.07) is 15.9. The highest BCUT2D eigenvalue weighted by Gasteiger charge is 2.27. The quantitative estimate of drug-likeness (QED) is 0.333. The van der Waals surface area contributed by atoms with Crippen molar-refractivity contribution in [2.75, 3.05) is 5.43 Å². The van der Waals surface area contributed by atoms with Crippen LogP contribution >= 0.6 is 11.3 Å². The average Bonchev–Trinajstić information content (AvgIpc) is 3.29. The summed E-state index contributed by atoms with van der Waals surface area (Å²) in [6.45, 7) is 0. The monoisotopic (exact) mass is 480 g/mol. The molecular formula is C22H20N6O3S2. The zero-order valence-electron chi connectivity index (χ0n) is 17.3. The summed E-state index contributed by atoms with van der Waals surface area (Å²) in [5.74, 6) is -0.403. The Morgan fingerprint density at radius 3 is 2.55 bits per heavy atom. The van der Waals surface area contributed by atoms with Crippen LogP contribution in [0.4, 0.5) is 5.69 Å². The van der Waals surface area contributed by atoms with Crippen molar-refractivity contribution >= 4 is 33.0 Å². The molecule has 1 aliphatic carbocycles. The van der Waals surface area contributed by atoms with Crippen LogP contribution in [0.1, 0.15) is 23.3 Å². The first-order valence-corrected chi connectivity index (χ1v) is 12.6. The maximum Gasteiger partial charge on any atom is 0.289 e. The number of nitrogens with zero attached hydrogens (tertiary/aromatic N) is 3. The fourth-order valence-corrected chi connectivity index (χ4v) is 5.15. The number of carbonyl (C=O) groups is 1. The molecule has 0 radical (unpaired) electrons. The third-order valence-electron chi connectivity index (χ3n) is 4.97. The summed E-state index contributed by atoms with van der Waals surface area (Å²) in [4.78, 5) is 17.1. The largest absolute Gasteiger partial charge is 0.298 e. The van der Waals surface area contributed by atoms with Crippen molar-refractivity contribution in [1.29, 1.82) is 0 Å². The van der Waals surface area contributed by atoms with Gasteiger partial charge in [-0.1, -0.05) is 18.2 Å². The standard InChI is InChI=1S/C22H20N6O3S2/c29-21(26-25-16-8-10-19(11-9-16)33(30,31)27-17-6-7-17)20-14-32-22(24-20)15-12-23-28(13-15)18-4-2-1-3-5-18/h1-5,8-14,17,25,27H,6-7H2,(H,26,29). The minimum absolute atomic E-state index is 0.0442. The molecule has 0 unspecified atom stereocenters. The molecule has 1 aliphatic rings. The van der Waals surface area contributed by atoms with Crippen LogP contribution < -0.4 is 15.6 Å². The molecule has 11 heteroatoms. The molecule has 5 rings (SSSR count). The Morgan fingerprint density at radius 2 is 1.82 bits per heavy atom. The van der Waals surface area contributed by atoms with Crippen molar-refractivity contribution in [3.63, 3.8) is 0 Å². The zero-order chi connectivity index (χ0) is 22.8. The molecule has 0 atom stereocenters. The van der Waals surface area contributed by atoms with Crippen LogP contribution in [0.25, 0.3) is 16.3 Å². The lowest BCUT2D eigenvalue weighted by atomic mass is 10.3. The van der Waals surface area contributed by atoms with E-state index < -0.39 is 15.9 Å². The van der Waals surface area contributed by atoms with Gasteiger partial charge in [0.2, 0.25) is 10.0 Å². The Labute approximate surface area is 194 Å². The van der Waals surface area contributed by atoms with Gasteiger partial charge in [-0.3, -0.25) is 15.6 Å². The zero-order valence-corrected chi connectivity index (χ0v) is 18.9. The van der Waals surface area contributed by atoms with Crippen LogP contribution in [0.5, 0.6) is 0 Å². The molecule has 4 aromatic rings. The summed E-state index contributed by atoms with van der Waals surface area (Å²) in [6.07, 6.45) is 5.32. The fraction of sp³-hybridized carbons (Fsp3) is 0.136. The van der Waals surface area contributed by atoms with Crippen molar-refractivity contribution in [3.8, 4) is 16.3 Å². The Hall–Kier alpha value is -3.54. The van der Waals surface area contributed by atoms with E-state index in [0.29, 0.717) is 10.7 Å². The first-order valence-electron chi connectivity index (χ1n) is 10.2. The molecule has 1 amide bonds. The van der Waals surface area contributed by atoms with E-state index in [1.54, 1.807) is 28.4 Å². The van der Waals surface area contributed by atoms with Crippen LogP contribution in [0.3, 0.4) is 0 Å². The highest BCUT2D eigenvalue weighted by molar-refractivity contribution is 7.89. The van der Waals surface area contributed by atoms with E-state index in [-0.39, 0.29) is 16.6 Å². The van der Waals surface area contributed by atoms with Crippen molar-refractivity contribution in [2.45, 2.75) is 23.8 Å². The van der Waals surface area contributed by atoms with E-state index in [1.807, 2.05) is 36.5 Å². The molecule has 0 aliphatic heterocycles. The Morgan fingerprint density at radius 1 is 1.06 bits per heavy atom. The first-order chi connectivity index (χ1) is 16.0. The Kier molecular flexibility index (Phi) is 5.67. The molecule has 33 heavy (non-hydrogen) atoms. The van der Waals surface area contributed by atoms with E-state index >= 15 is 0 Å². The second kappa shape index (κ2) is 8.77. The lowest BCUT2D eigenvalue weighted by Gasteiger charge is -2.09. The van der Waals surface area contributed by atoms with E-state index in [9.17, 15) is 13.2 Å². The Balaban J connectivity index is 1.20. The Bertz CT molecular complexity index is 1380. The van der Waals surface area contributed by atoms with Gasteiger partial charge >= 0.3 is 0 Å². The van der Waals surface area contributed by atoms with Gasteiger partial charge in [-0.25, -0.2) is 22.8 Å². The van der Waals surface area contributed by atoms with Gasteiger partial charge in [0.05, 0.1) is 22.5 Å². The summed E-state index contributed by atoms with van der Waals surface area (Å²) >= 11 is 1.35. The topological polar surface area (TPSA) is 118 Å². The van der Waals surface area contributed by atoms with Gasteiger partial charge in [0, 0.05) is 23.2 Å². The summed E-state index contributed by atoms with van der Waals surface area (Å²) < 4.78 is 28.8. The molecule has 3 N–H and O–H groups in total. The number of benzene rings is 2. The number of sulfonamides is 1.